The predicted octanol–water partition coefficient (Wildman–Crippen LogP) is 1.63. The van der Waals surface area contributed by atoms with Gasteiger partial charge in [-0.05, 0) is 31.0 Å². The van der Waals surface area contributed by atoms with Crippen LogP contribution < -0.4 is 10.5 Å². The zero-order valence-electron chi connectivity index (χ0n) is 9.32. The Kier molecular flexibility index (Phi) is 3.35. The third-order valence-corrected chi connectivity index (χ3v) is 4.48. The Labute approximate surface area is 100 Å². The minimum absolute atomic E-state index is 0.0272. The van der Waals surface area contributed by atoms with Gasteiger partial charge in [-0.1, -0.05) is 12.8 Å². The highest BCUT2D eigenvalue weighted by molar-refractivity contribution is 7.89. The van der Waals surface area contributed by atoms with Crippen molar-refractivity contribution in [1.82, 2.24) is 4.72 Å². The molecule has 1 saturated carbocycles. The third kappa shape index (κ3) is 2.76. The molecule has 4 nitrogen and oxygen atoms in total. The Bertz CT molecular complexity index is 510. The van der Waals surface area contributed by atoms with E-state index in [4.69, 9.17) is 5.73 Å². The molecule has 1 aliphatic rings. The minimum Gasteiger partial charge on any atom is -0.396 e. The molecule has 0 aliphatic heterocycles. The first-order chi connectivity index (χ1) is 7.99. The predicted molar refractivity (Wildman–Crippen MR) is 63.4 cm³/mol. The zero-order chi connectivity index (χ0) is 12.5. The lowest BCUT2D eigenvalue weighted by atomic mass is 10.3. The second kappa shape index (κ2) is 4.62. The summed E-state index contributed by atoms with van der Waals surface area (Å²) < 4.78 is 39.7. The van der Waals surface area contributed by atoms with Crippen LogP contribution in [0.5, 0.6) is 0 Å². The molecule has 6 heteroatoms. The summed E-state index contributed by atoms with van der Waals surface area (Å²) >= 11 is 0. The average Bonchev–Trinajstić information content (AvgIpc) is 2.73. The van der Waals surface area contributed by atoms with Crippen LogP contribution in [-0.2, 0) is 10.0 Å². The molecular weight excluding hydrogens is 243 g/mol. The number of sulfonamides is 1. The van der Waals surface area contributed by atoms with Crippen LogP contribution in [-0.4, -0.2) is 14.5 Å². The number of rotatable bonds is 3. The molecule has 1 aliphatic carbocycles. The van der Waals surface area contributed by atoms with Gasteiger partial charge in [0.2, 0.25) is 10.0 Å². The van der Waals surface area contributed by atoms with Gasteiger partial charge in [-0.2, -0.15) is 0 Å². The van der Waals surface area contributed by atoms with E-state index in [0.717, 1.165) is 31.7 Å². The van der Waals surface area contributed by atoms with Gasteiger partial charge in [-0.15, -0.1) is 0 Å². The quantitative estimate of drug-likeness (QED) is 0.809. The Hall–Kier alpha value is -1.14. The highest BCUT2D eigenvalue weighted by Crippen LogP contribution is 2.21. The van der Waals surface area contributed by atoms with Gasteiger partial charge in [0.15, 0.2) is 0 Å². The van der Waals surface area contributed by atoms with Gasteiger partial charge >= 0.3 is 0 Å². The summed E-state index contributed by atoms with van der Waals surface area (Å²) in [4.78, 5) is -0.0731. The molecule has 1 aromatic carbocycles. The van der Waals surface area contributed by atoms with Crippen molar-refractivity contribution in [1.29, 1.82) is 0 Å². The highest BCUT2D eigenvalue weighted by Gasteiger charge is 2.23. The number of halogens is 1. The molecule has 0 amide bonds. The van der Waals surface area contributed by atoms with Crippen LogP contribution in [0.4, 0.5) is 10.1 Å². The molecule has 0 spiro atoms. The second-order valence-corrected chi connectivity index (χ2v) is 6.00. The fourth-order valence-corrected chi connectivity index (χ4v) is 3.32. The Morgan fingerprint density at radius 2 is 1.94 bits per heavy atom. The van der Waals surface area contributed by atoms with Crippen molar-refractivity contribution in [3.05, 3.63) is 24.0 Å². The first-order valence-electron chi connectivity index (χ1n) is 5.56. The SMILES string of the molecule is Nc1ccc(S(=O)(=O)NC2CCCC2)cc1F. The maximum Gasteiger partial charge on any atom is 0.240 e. The van der Waals surface area contributed by atoms with Crippen LogP contribution in [0, 0.1) is 5.82 Å². The molecule has 94 valence electrons. The topological polar surface area (TPSA) is 72.2 Å². The van der Waals surface area contributed by atoms with Gasteiger partial charge in [0.05, 0.1) is 10.6 Å². The molecule has 1 fully saturated rings. The number of nitrogens with one attached hydrogen (secondary N) is 1. The zero-order valence-corrected chi connectivity index (χ0v) is 10.1. The first-order valence-corrected chi connectivity index (χ1v) is 7.05. The lowest BCUT2D eigenvalue weighted by molar-refractivity contribution is 0.550. The Balaban J connectivity index is 2.21. The molecule has 0 heterocycles. The van der Waals surface area contributed by atoms with Crippen molar-refractivity contribution < 1.29 is 12.8 Å². The first kappa shape index (κ1) is 12.3. The van der Waals surface area contributed by atoms with E-state index >= 15 is 0 Å². The van der Waals surface area contributed by atoms with E-state index in [0.29, 0.717) is 0 Å². The van der Waals surface area contributed by atoms with Crippen LogP contribution in [0.25, 0.3) is 0 Å². The van der Waals surface area contributed by atoms with E-state index in [9.17, 15) is 12.8 Å². The molecule has 2 rings (SSSR count). The normalized spacial score (nSPS) is 17.5. The molecular formula is C11H15FN2O2S. The molecule has 0 aromatic heterocycles. The summed E-state index contributed by atoms with van der Waals surface area (Å²) in [6.07, 6.45) is 3.75. The van der Waals surface area contributed by atoms with Gasteiger partial charge in [0.1, 0.15) is 5.82 Å². The number of anilines is 1. The lowest BCUT2D eigenvalue weighted by Gasteiger charge is -2.12. The number of hydrogen-bond acceptors (Lipinski definition) is 3. The molecule has 0 radical (unpaired) electrons. The Morgan fingerprint density at radius 3 is 2.53 bits per heavy atom. The molecule has 0 saturated heterocycles. The third-order valence-electron chi connectivity index (χ3n) is 2.96. The van der Waals surface area contributed by atoms with Crippen LogP contribution in [0.2, 0.25) is 0 Å². The molecule has 0 atom stereocenters. The van der Waals surface area contributed by atoms with Crippen molar-refractivity contribution in [3.63, 3.8) is 0 Å². The Morgan fingerprint density at radius 1 is 1.29 bits per heavy atom. The van der Waals surface area contributed by atoms with E-state index in [-0.39, 0.29) is 16.6 Å². The highest BCUT2D eigenvalue weighted by atomic mass is 32.2. The summed E-state index contributed by atoms with van der Waals surface area (Å²) in [5.74, 6) is -0.709. The minimum atomic E-state index is -3.63. The summed E-state index contributed by atoms with van der Waals surface area (Å²) in [5.41, 5.74) is 5.25. The van der Waals surface area contributed by atoms with E-state index in [1.807, 2.05) is 0 Å². The van der Waals surface area contributed by atoms with E-state index in [2.05, 4.69) is 4.72 Å². The second-order valence-electron chi connectivity index (χ2n) is 4.29. The number of hydrogen-bond donors (Lipinski definition) is 2. The number of benzene rings is 1. The smallest absolute Gasteiger partial charge is 0.240 e. The monoisotopic (exact) mass is 258 g/mol. The van der Waals surface area contributed by atoms with Crippen LogP contribution in [0.15, 0.2) is 23.1 Å². The van der Waals surface area contributed by atoms with Gasteiger partial charge in [-0.3, -0.25) is 0 Å². The molecule has 1 aromatic rings. The van der Waals surface area contributed by atoms with Crippen molar-refractivity contribution in [3.8, 4) is 0 Å². The van der Waals surface area contributed by atoms with Crippen molar-refractivity contribution in [2.24, 2.45) is 0 Å². The van der Waals surface area contributed by atoms with Gasteiger partial charge in [-0.25, -0.2) is 17.5 Å². The fraction of sp³-hybridized carbons (Fsp3) is 0.455. The largest absolute Gasteiger partial charge is 0.396 e. The summed E-state index contributed by atoms with van der Waals surface area (Å²) in [7, 11) is -3.63. The lowest BCUT2D eigenvalue weighted by Crippen LogP contribution is -2.32. The van der Waals surface area contributed by atoms with Gasteiger partial charge < -0.3 is 5.73 Å². The van der Waals surface area contributed by atoms with E-state index < -0.39 is 15.8 Å². The summed E-state index contributed by atoms with van der Waals surface area (Å²) in [6, 6.07) is 3.50. The van der Waals surface area contributed by atoms with Crippen LogP contribution in [0.1, 0.15) is 25.7 Å². The average molecular weight is 258 g/mol. The van der Waals surface area contributed by atoms with E-state index in [1.54, 1.807) is 0 Å². The standard InChI is InChI=1S/C11H15FN2O2S/c12-10-7-9(5-6-11(10)13)17(15,16)14-8-3-1-2-4-8/h5-8,14H,1-4,13H2. The van der Waals surface area contributed by atoms with Crippen LogP contribution >= 0.6 is 0 Å². The maximum atomic E-state index is 13.2. The van der Waals surface area contributed by atoms with Gasteiger partial charge in [0, 0.05) is 6.04 Å². The van der Waals surface area contributed by atoms with Gasteiger partial charge in [0.25, 0.3) is 0 Å². The molecule has 17 heavy (non-hydrogen) atoms. The van der Waals surface area contributed by atoms with Crippen molar-refractivity contribution >= 4 is 15.7 Å². The number of nitrogen functional groups attached to an aromatic ring is 1. The fourth-order valence-electron chi connectivity index (χ4n) is 2.01. The maximum absolute atomic E-state index is 13.2. The molecule has 0 unspecified atom stereocenters. The van der Waals surface area contributed by atoms with E-state index in [1.165, 1.54) is 12.1 Å². The molecule has 3 N–H and O–H groups in total. The number of nitrogens with two attached hydrogens (primary N) is 1. The van der Waals surface area contributed by atoms with Crippen molar-refractivity contribution in [2.45, 2.75) is 36.6 Å². The summed E-state index contributed by atoms with van der Waals surface area (Å²) in [6.45, 7) is 0. The molecule has 0 bridgehead atoms. The summed E-state index contributed by atoms with van der Waals surface area (Å²) in [5, 5.41) is 0. The van der Waals surface area contributed by atoms with Crippen LogP contribution in [0.3, 0.4) is 0 Å². The van der Waals surface area contributed by atoms with Crippen molar-refractivity contribution in [2.75, 3.05) is 5.73 Å².